The minimum Gasteiger partial charge on any atom is -0.487 e. The number of aromatic carboxylic acids is 1. The Balaban J connectivity index is 1.70. The fourth-order valence-corrected chi connectivity index (χ4v) is 2.98. The zero-order chi connectivity index (χ0) is 18.0. The SMILES string of the molecule is Cc1ccc2c(c1)OC(C)CN2C(=O)CCc1ccc(C(=O)O)cc1. The van der Waals surface area contributed by atoms with E-state index in [-0.39, 0.29) is 17.6 Å². The van der Waals surface area contributed by atoms with Crippen LogP contribution in [-0.4, -0.2) is 29.6 Å². The molecular formula is C20H21NO4. The van der Waals surface area contributed by atoms with Crippen LogP contribution in [0.15, 0.2) is 42.5 Å². The van der Waals surface area contributed by atoms with Crippen molar-refractivity contribution in [3.8, 4) is 5.75 Å². The van der Waals surface area contributed by atoms with E-state index in [1.165, 1.54) is 0 Å². The number of aryl methyl sites for hydroxylation is 2. The van der Waals surface area contributed by atoms with Gasteiger partial charge in [0.25, 0.3) is 0 Å². The minimum atomic E-state index is -0.947. The second kappa shape index (κ2) is 6.97. The van der Waals surface area contributed by atoms with E-state index in [0.717, 1.165) is 22.6 Å². The van der Waals surface area contributed by atoms with Crippen LogP contribution >= 0.6 is 0 Å². The fourth-order valence-electron chi connectivity index (χ4n) is 2.98. The van der Waals surface area contributed by atoms with Crippen molar-refractivity contribution in [1.82, 2.24) is 0 Å². The molecule has 1 N–H and O–H groups in total. The van der Waals surface area contributed by atoms with Gasteiger partial charge in [0, 0.05) is 6.42 Å². The molecule has 25 heavy (non-hydrogen) atoms. The predicted molar refractivity (Wildman–Crippen MR) is 95.3 cm³/mol. The van der Waals surface area contributed by atoms with E-state index in [2.05, 4.69) is 0 Å². The first-order chi connectivity index (χ1) is 11.9. The molecule has 0 aromatic heterocycles. The summed E-state index contributed by atoms with van der Waals surface area (Å²) in [6.07, 6.45) is 0.895. The third kappa shape index (κ3) is 3.82. The number of benzene rings is 2. The second-order valence-electron chi connectivity index (χ2n) is 6.41. The lowest BCUT2D eigenvalue weighted by atomic mass is 10.1. The van der Waals surface area contributed by atoms with E-state index >= 15 is 0 Å². The maximum atomic E-state index is 12.7. The van der Waals surface area contributed by atoms with Gasteiger partial charge in [-0.15, -0.1) is 0 Å². The molecule has 1 atom stereocenters. The number of anilines is 1. The monoisotopic (exact) mass is 339 g/mol. The molecule has 1 aliphatic rings. The lowest BCUT2D eigenvalue weighted by molar-refractivity contribution is -0.119. The number of fused-ring (bicyclic) bond motifs is 1. The summed E-state index contributed by atoms with van der Waals surface area (Å²) in [6, 6.07) is 12.5. The summed E-state index contributed by atoms with van der Waals surface area (Å²) in [7, 11) is 0. The average molecular weight is 339 g/mol. The maximum Gasteiger partial charge on any atom is 0.335 e. The van der Waals surface area contributed by atoms with Crippen molar-refractivity contribution in [2.24, 2.45) is 0 Å². The molecule has 0 fully saturated rings. The number of hydrogen-bond acceptors (Lipinski definition) is 3. The molecule has 0 saturated heterocycles. The van der Waals surface area contributed by atoms with E-state index < -0.39 is 5.97 Å². The summed E-state index contributed by atoms with van der Waals surface area (Å²) >= 11 is 0. The molecule has 1 unspecified atom stereocenters. The van der Waals surface area contributed by atoms with Crippen LogP contribution in [0.2, 0.25) is 0 Å². The lowest BCUT2D eigenvalue weighted by Crippen LogP contribution is -2.42. The van der Waals surface area contributed by atoms with E-state index in [4.69, 9.17) is 9.84 Å². The largest absolute Gasteiger partial charge is 0.487 e. The Hall–Kier alpha value is -2.82. The Morgan fingerprint density at radius 1 is 1.20 bits per heavy atom. The highest BCUT2D eigenvalue weighted by atomic mass is 16.5. The lowest BCUT2D eigenvalue weighted by Gasteiger charge is -2.33. The molecule has 130 valence electrons. The van der Waals surface area contributed by atoms with Gasteiger partial charge in [0.2, 0.25) is 5.91 Å². The van der Waals surface area contributed by atoms with Crippen molar-refractivity contribution >= 4 is 17.6 Å². The quantitative estimate of drug-likeness (QED) is 0.926. The summed E-state index contributed by atoms with van der Waals surface area (Å²) in [5.74, 6) is -0.155. The number of carboxylic acid groups (broad SMARTS) is 1. The molecule has 0 spiro atoms. The highest BCUT2D eigenvalue weighted by Gasteiger charge is 2.27. The highest BCUT2D eigenvalue weighted by Crippen LogP contribution is 2.34. The number of amides is 1. The number of rotatable bonds is 4. The number of carbonyl (C=O) groups excluding carboxylic acids is 1. The third-order valence-corrected chi connectivity index (χ3v) is 4.30. The first-order valence-electron chi connectivity index (χ1n) is 8.34. The van der Waals surface area contributed by atoms with Gasteiger partial charge in [0.1, 0.15) is 11.9 Å². The zero-order valence-electron chi connectivity index (χ0n) is 14.4. The van der Waals surface area contributed by atoms with Crippen LogP contribution in [0, 0.1) is 6.92 Å². The van der Waals surface area contributed by atoms with E-state index in [1.807, 2.05) is 32.0 Å². The molecule has 0 radical (unpaired) electrons. The number of carbonyl (C=O) groups is 2. The molecule has 0 bridgehead atoms. The summed E-state index contributed by atoms with van der Waals surface area (Å²) < 4.78 is 5.84. The van der Waals surface area contributed by atoms with Gasteiger partial charge >= 0.3 is 5.97 Å². The van der Waals surface area contributed by atoms with Gasteiger partial charge in [-0.1, -0.05) is 18.2 Å². The Morgan fingerprint density at radius 3 is 2.60 bits per heavy atom. The average Bonchev–Trinajstić information content (AvgIpc) is 2.58. The molecule has 3 rings (SSSR count). The first-order valence-corrected chi connectivity index (χ1v) is 8.34. The molecule has 1 amide bonds. The molecule has 1 heterocycles. The summed E-state index contributed by atoms with van der Waals surface area (Å²) in [4.78, 5) is 25.4. The number of hydrogen-bond donors (Lipinski definition) is 1. The van der Waals surface area contributed by atoms with E-state index in [9.17, 15) is 9.59 Å². The number of carboxylic acids is 1. The van der Waals surface area contributed by atoms with Crippen molar-refractivity contribution in [2.75, 3.05) is 11.4 Å². The zero-order valence-corrected chi connectivity index (χ0v) is 14.4. The van der Waals surface area contributed by atoms with Gasteiger partial charge in [-0.05, 0) is 55.7 Å². The van der Waals surface area contributed by atoms with Crippen LogP contribution in [-0.2, 0) is 11.2 Å². The van der Waals surface area contributed by atoms with Crippen LogP contribution in [0.4, 0.5) is 5.69 Å². The van der Waals surface area contributed by atoms with E-state index in [0.29, 0.717) is 19.4 Å². The Bertz CT molecular complexity index is 798. The van der Waals surface area contributed by atoms with Gasteiger partial charge in [-0.2, -0.15) is 0 Å². The Labute approximate surface area is 146 Å². The molecule has 0 aliphatic carbocycles. The summed E-state index contributed by atoms with van der Waals surface area (Å²) in [5.41, 5.74) is 3.11. The van der Waals surface area contributed by atoms with Crippen LogP contribution < -0.4 is 9.64 Å². The highest BCUT2D eigenvalue weighted by molar-refractivity contribution is 5.95. The smallest absolute Gasteiger partial charge is 0.335 e. The maximum absolute atomic E-state index is 12.7. The van der Waals surface area contributed by atoms with Crippen molar-refractivity contribution in [1.29, 1.82) is 0 Å². The third-order valence-electron chi connectivity index (χ3n) is 4.30. The Morgan fingerprint density at radius 2 is 1.92 bits per heavy atom. The van der Waals surface area contributed by atoms with Crippen molar-refractivity contribution in [2.45, 2.75) is 32.8 Å². The van der Waals surface area contributed by atoms with Gasteiger partial charge in [0.05, 0.1) is 17.8 Å². The van der Waals surface area contributed by atoms with Crippen LogP contribution in [0.3, 0.4) is 0 Å². The van der Waals surface area contributed by atoms with Gasteiger partial charge < -0.3 is 14.7 Å². The second-order valence-corrected chi connectivity index (χ2v) is 6.41. The number of ether oxygens (including phenoxy) is 1. The van der Waals surface area contributed by atoms with Crippen molar-refractivity contribution < 1.29 is 19.4 Å². The first kappa shape index (κ1) is 17.0. The molecule has 2 aromatic carbocycles. The predicted octanol–water partition coefficient (Wildman–Crippen LogP) is 3.44. The molecule has 5 heteroatoms. The van der Waals surface area contributed by atoms with Crippen LogP contribution in [0.25, 0.3) is 0 Å². The normalized spacial score (nSPS) is 16.1. The molecule has 5 nitrogen and oxygen atoms in total. The van der Waals surface area contributed by atoms with Gasteiger partial charge in [-0.3, -0.25) is 4.79 Å². The van der Waals surface area contributed by atoms with Gasteiger partial charge in [0.15, 0.2) is 0 Å². The molecule has 2 aromatic rings. The topological polar surface area (TPSA) is 66.8 Å². The molecular weight excluding hydrogens is 318 g/mol. The van der Waals surface area contributed by atoms with Crippen molar-refractivity contribution in [3.05, 3.63) is 59.2 Å². The van der Waals surface area contributed by atoms with E-state index in [1.54, 1.807) is 29.2 Å². The number of nitrogens with zero attached hydrogens (tertiary/aromatic N) is 1. The van der Waals surface area contributed by atoms with Gasteiger partial charge in [-0.25, -0.2) is 4.79 Å². The Kier molecular flexibility index (Phi) is 4.74. The minimum absolute atomic E-state index is 0.0440. The standard InChI is InChI=1S/C20H21NO4/c1-13-3-9-17-18(11-13)25-14(2)12-21(17)19(22)10-6-15-4-7-16(8-5-15)20(23)24/h3-5,7-9,11,14H,6,10,12H2,1-2H3,(H,23,24). The molecule has 0 saturated carbocycles. The summed E-state index contributed by atoms with van der Waals surface area (Å²) in [5, 5.41) is 8.93. The fraction of sp³-hybridized carbons (Fsp3) is 0.300. The van der Waals surface area contributed by atoms with Crippen LogP contribution in [0.5, 0.6) is 5.75 Å². The summed E-state index contributed by atoms with van der Waals surface area (Å²) in [6.45, 7) is 4.49. The molecule has 1 aliphatic heterocycles. The van der Waals surface area contributed by atoms with Crippen LogP contribution in [0.1, 0.15) is 34.8 Å². The van der Waals surface area contributed by atoms with Crippen molar-refractivity contribution in [3.63, 3.8) is 0 Å².